The van der Waals surface area contributed by atoms with Gasteiger partial charge in [0.25, 0.3) is 5.91 Å². The van der Waals surface area contributed by atoms with Crippen LogP contribution in [0.3, 0.4) is 0 Å². The number of aryl methyl sites for hydroxylation is 1. The van der Waals surface area contributed by atoms with Gasteiger partial charge in [0, 0.05) is 11.3 Å². The van der Waals surface area contributed by atoms with Crippen molar-refractivity contribution in [1.82, 2.24) is 15.1 Å². The second-order valence-corrected chi connectivity index (χ2v) is 7.03. The smallest absolute Gasteiger partial charge is 0.326 e. The largest absolute Gasteiger partial charge is 0.480 e. The van der Waals surface area contributed by atoms with Crippen molar-refractivity contribution in [2.45, 2.75) is 46.1 Å². The lowest BCUT2D eigenvalue weighted by Crippen LogP contribution is -2.44. The van der Waals surface area contributed by atoms with E-state index in [1.165, 1.54) is 10.7 Å². The van der Waals surface area contributed by atoms with Crippen molar-refractivity contribution in [1.29, 1.82) is 0 Å². The summed E-state index contributed by atoms with van der Waals surface area (Å²) in [5.74, 6) is -2.29. The van der Waals surface area contributed by atoms with Crippen LogP contribution < -0.4 is 5.32 Å². The zero-order chi connectivity index (χ0) is 19.0. The maximum Gasteiger partial charge on any atom is 0.326 e. The molecule has 0 fully saturated rings. The first-order valence-electron chi connectivity index (χ1n) is 8.70. The van der Waals surface area contributed by atoms with Gasteiger partial charge in [0.15, 0.2) is 5.69 Å². The van der Waals surface area contributed by atoms with Crippen molar-refractivity contribution in [2.24, 2.45) is 5.92 Å². The van der Waals surface area contributed by atoms with Gasteiger partial charge in [0.05, 0.1) is 0 Å². The molecule has 0 unspecified atom stereocenters. The number of carboxylic acids is 1. The molecule has 7 heteroatoms. The molecule has 1 aromatic carbocycles. The van der Waals surface area contributed by atoms with Gasteiger partial charge in [-0.2, -0.15) is 5.10 Å². The van der Waals surface area contributed by atoms with Crippen molar-refractivity contribution >= 4 is 11.9 Å². The van der Waals surface area contributed by atoms with E-state index in [1.807, 2.05) is 0 Å². The van der Waals surface area contributed by atoms with Crippen LogP contribution >= 0.6 is 0 Å². The normalized spacial score (nSPS) is 14.3. The quantitative estimate of drug-likeness (QED) is 0.860. The van der Waals surface area contributed by atoms with E-state index >= 15 is 0 Å². The molecule has 2 aromatic rings. The van der Waals surface area contributed by atoms with Gasteiger partial charge in [-0.3, -0.25) is 4.79 Å². The molecule has 1 atom stereocenters. The van der Waals surface area contributed by atoms with Gasteiger partial charge in [0.2, 0.25) is 0 Å². The average Bonchev–Trinajstić information content (AvgIpc) is 3.14. The first kappa shape index (κ1) is 18.1. The highest BCUT2D eigenvalue weighted by Crippen LogP contribution is 2.29. The molecule has 6 nitrogen and oxygen atoms in total. The average molecular weight is 359 g/mol. The number of carbonyl (C=O) groups excluding carboxylic acids is 1. The third-order valence-corrected chi connectivity index (χ3v) is 4.70. The Bertz CT molecular complexity index is 873. The summed E-state index contributed by atoms with van der Waals surface area (Å²) in [4.78, 5) is 24.0. The third kappa shape index (κ3) is 3.21. The third-order valence-electron chi connectivity index (χ3n) is 4.70. The summed E-state index contributed by atoms with van der Waals surface area (Å²) < 4.78 is 15.9. The molecule has 0 radical (unpaired) electrons. The number of aliphatic carboxylic acids is 1. The van der Waals surface area contributed by atoms with Gasteiger partial charge < -0.3 is 10.4 Å². The maximum atomic E-state index is 14.4. The number of rotatable bonds is 5. The van der Waals surface area contributed by atoms with E-state index in [1.54, 1.807) is 32.9 Å². The summed E-state index contributed by atoms with van der Waals surface area (Å²) in [7, 11) is 0. The van der Waals surface area contributed by atoms with Crippen molar-refractivity contribution in [3.8, 4) is 5.69 Å². The Morgan fingerprint density at radius 3 is 2.65 bits per heavy atom. The first-order chi connectivity index (χ1) is 12.3. The number of halogens is 1. The molecule has 0 bridgehead atoms. The maximum absolute atomic E-state index is 14.4. The van der Waals surface area contributed by atoms with Gasteiger partial charge in [-0.15, -0.1) is 0 Å². The lowest BCUT2D eigenvalue weighted by Gasteiger charge is -2.17. The molecule has 3 rings (SSSR count). The molecule has 1 aliphatic rings. The second kappa shape index (κ2) is 6.90. The van der Waals surface area contributed by atoms with E-state index in [2.05, 4.69) is 10.4 Å². The molecule has 1 amide bonds. The highest BCUT2D eigenvalue weighted by Gasteiger charge is 2.31. The standard InChI is InChI=1S/C19H22FN3O3/c1-10(2)16(19(25)26)21-18(24)17-12-5-4-6-14(12)23(22-17)15-8-7-11(3)9-13(15)20/h7-10,16H,4-6H2,1-3H3,(H,21,24)(H,25,26)/t16-/m0/s1. The predicted octanol–water partition coefficient (Wildman–Crippen LogP) is 2.65. The van der Waals surface area contributed by atoms with Crippen molar-refractivity contribution in [2.75, 3.05) is 0 Å². The highest BCUT2D eigenvalue weighted by atomic mass is 19.1. The summed E-state index contributed by atoms with van der Waals surface area (Å²) in [6.45, 7) is 5.25. The number of fused-ring (bicyclic) bond motifs is 1. The number of aromatic nitrogens is 2. The fourth-order valence-corrected chi connectivity index (χ4v) is 3.33. The summed E-state index contributed by atoms with van der Waals surface area (Å²) in [6.07, 6.45) is 2.23. The number of benzene rings is 1. The molecule has 1 aliphatic carbocycles. The minimum absolute atomic E-state index is 0.185. The fourth-order valence-electron chi connectivity index (χ4n) is 3.33. The van der Waals surface area contributed by atoms with E-state index < -0.39 is 23.7 Å². The van der Waals surface area contributed by atoms with Crippen LogP contribution in [0.5, 0.6) is 0 Å². The van der Waals surface area contributed by atoms with Gasteiger partial charge >= 0.3 is 5.97 Å². The number of nitrogens with one attached hydrogen (secondary N) is 1. The molecule has 138 valence electrons. The Morgan fingerprint density at radius 1 is 1.31 bits per heavy atom. The number of carboxylic acid groups (broad SMARTS) is 1. The Morgan fingerprint density at radius 2 is 2.04 bits per heavy atom. The predicted molar refractivity (Wildman–Crippen MR) is 94.0 cm³/mol. The second-order valence-electron chi connectivity index (χ2n) is 7.03. The van der Waals surface area contributed by atoms with E-state index in [9.17, 15) is 19.1 Å². The van der Waals surface area contributed by atoms with E-state index in [0.29, 0.717) is 18.5 Å². The number of hydrogen-bond acceptors (Lipinski definition) is 3. The van der Waals surface area contributed by atoms with E-state index in [4.69, 9.17) is 0 Å². The minimum atomic E-state index is -1.09. The number of carbonyl (C=O) groups is 2. The van der Waals surface area contributed by atoms with Gasteiger partial charge in [0.1, 0.15) is 17.5 Å². The van der Waals surface area contributed by atoms with Crippen molar-refractivity contribution in [3.05, 3.63) is 46.5 Å². The molecular weight excluding hydrogens is 337 g/mol. The molecule has 0 spiro atoms. The Kier molecular flexibility index (Phi) is 4.80. The fraction of sp³-hybridized carbons (Fsp3) is 0.421. The topological polar surface area (TPSA) is 84.2 Å². The van der Waals surface area contributed by atoms with Crippen LogP contribution in [0.25, 0.3) is 5.69 Å². The van der Waals surface area contributed by atoms with Crippen LogP contribution in [0.1, 0.15) is 47.6 Å². The van der Waals surface area contributed by atoms with E-state index in [-0.39, 0.29) is 11.6 Å². The Hall–Kier alpha value is -2.70. The van der Waals surface area contributed by atoms with Gasteiger partial charge in [-0.25, -0.2) is 13.9 Å². The zero-order valence-corrected chi connectivity index (χ0v) is 15.0. The molecule has 1 heterocycles. The monoisotopic (exact) mass is 359 g/mol. The summed E-state index contributed by atoms with van der Waals surface area (Å²) >= 11 is 0. The highest BCUT2D eigenvalue weighted by molar-refractivity contribution is 5.96. The molecule has 2 N–H and O–H groups in total. The lowest BCUT2D eigenvalue weighted by molar-refractivity contribution is -0.140. The summed E-state index contributed by atoms with van der Waals surface area (Å²) in [6, 6.07) is 3.87. The SMILES string of the molecule is Cc1ccc(-n2nc(C(=O)N[C@H](C(=O)O)C(C)C)c3c2CCC3)c(F)c1. The lowest BCUT2D eigenvalue weighted by atomic mass is 10.0. The van der Waals surface area contributed by atoms with E-state index in [0.717, 1.165) is 23.2 Å². The summed E-state index contributed by atoms with van der Waals surface area (Å²) in [5.41, 5.74) is 2.87. The minimum Gasteiger partial charge on any atom is -0.480 e. The van der Waals surface area contributed by atoms with Crippen LogP contribution in [0, 0.1) is 18.7 Å². The van der Waals surface area contributed by atoms with Crippen LogP contribution in [-0.4, -0.2) is 32.8 Å². The first-order valence-corrected chi connectivity index (χ1v) is 8.70. The Balaban J connectivity index is 2.00. The van der Waals surface area contributed by atoms with Crippen LogP contribution in [0.15, 0.2) is 18.2 Å². The molecular formula is C19H22FN3O3. The van der Waals surface area contributed by atoms with Crippen LogP contribution in [-0.2, 0) is 17.6 Å². The molecule has 1 aromatic heterocycles. The molecule has 26 heavy (non-hydrogen) atoms. The number of amides is 1. The van der Waals surface area contributed by atoms with Crippen LogP contribution in [0.2, 0.25) is 0 Å². The van der Waals surface area contributed by atoms with Gasteiger partial charge in [-0.05, 0) is 49.8 Å². The molecule has 0 aliphatic heterocycles. The number of hydrogen-bond donors (Lipinski definition) is 2. The molecule has 0 saturated heterocycles. The summed E-state index contributed by atoms with van der Waals surface area (Å²) in [5, 5.41) is 16.2. The van der Waals surface area contributed by atoms with Crippen molar-refractivity contribution < 1.29 is 19.1 Å². The number of nitrogens with zero attached hydrogens (tertiary/aromatic N) is 2. The zero-order valence-electron chi connectivity index (χ0n) is 15.0. The van der Waals surface area contributed by atoms with Crippen LogP contribution in [0.4, 0.5) is 4.39 Å². The van der Waals surface area contributed by atoms with Gasteiger partial charge in [-0.1, -0.05) is 19.9 Å². The molecule has 0 saturated carbocycles. The van der Waals surface area contributed by atoms with Crippen molar-refractivity contribution in [3.63, 3.8) is 0 Å². The Labute approximate surface area is 151 Å².